The highest BCUT2D eigenvalue weighted by Crippen LogP contribution is 2.28. The van der Waals surface area contributed by atoms with E-state index in [1.54, 1.807) is 0 Å². The second-order valence-electron chi connectivity index (χ2n) is 4.31. The van der Waals surface area contributed by atoms with Gasteiger partial charge in [-0.3, -0.25) is 0 Å². The molecule has 2 heterocycles. The van der Waals surface area contributed by atoms with Gasteiger partial charge < -0.3 is 4.90 Å². The SMILES string of the molecule is Cc1nsc(N2CC(C)CCC2C)n1. The van der Waals surface area contributed by atoms with Crippen molar-refractivity contribution in [2.45, 2.75) is 39.7 Å². The van der Waals surface area contributed by atoms with Gasteiger partial charge in [-0.1, -0.05) is 6.92 Å². The average Bonchev–Trinajstić information content (AvgIpc) is 2.56. The van der Waals surface area contributed by atoms with Crippen molar-refractivity contribution in [3.05, 3.63) is 5.82 Å². The molecule has 78 valence electrons. The summed E-state index contributed by atoms with van der Waals surface area (Å²) >= 11 is 1.53. The molecule has 0 saturated carbocycles. The van der Waals surface area contributed by atoms with E-state index in [1.807, 2.05) is 6.92 Å². The summed E-state index contributed by atoms with van der Waals surface area (Å²) in [6, 6.07) is 0.624. The molecule has 0 aromatic carbocycles. The van der Waals surface area contributed by atoms with Crippen LogP contribution in [0.25, 0.3) is 0 Å². The third-order valence-corrected chi connectivity index (χ3v) is 3.72. The average molecular weight is 211 g/mol. The Hall–Kier alpha value is -0.640. The van der Waals surface area contributed by atoms with Crippen LogP contribution >= 0.6 is 11.5 Å². The Balaban J connectivity index is 2.15. The van der Waals surface area contributed by atoms with Gasteiger partial charge in [0.25, 0.3) is 0 Å². The molecule has 3 nitrogen and oxygen atoms in total. The molecule has 1 fully saturated rings. The van der Waals surface area contributed by atoms with E-state index in [0.717, 1.165) is 23.4 Å². The Labute approximate surface area is 89.3 Å². The molecule has 0 aliphatic carbocycles. The normalized spacial score (nSPS) is 28.1. The van der Waals surface area contributed by atoms with Gasteiger partial charge in [0, 0.05) is 24.1 Å². The molecule has 0 radical (unpaired) electrons. The summed E-state index contributed by atoms with van der Waals surface area (Å²) < 4.78 is 4.24. The number of hydrogen-bond acceptors (Lipinski definition) is 4. The van der Waals surface area contributed by atoms with E-state index in [9.17, 15) is 0 Å². The fourth-order valence-electron chi connectivity index (χ4n) is 1.96. The van der Waals surface area contributed by atoms with E-state index in [2.05, 4.69) is 28.1 Å². The van der Waals surface area contributed by atoms with E-state index in [-0.39, 0.29) is 0 Å². The topological polar surface area (TPSA) is 29.0 Å². The van der Waals surface area contributed by atoms with Gasteiger partial charge in [0.05, 0.1) is 0 Å². The van der Waals surface area contributed by atoms with E-state index in [0.29, 0.717) is 6.04 Å². The maximum Gasteiger partial charge on any atom is 0.205 e. The van der Waals surface area contributed by atoms with Crippen LogP contribution in [0.15, 0.2) is 0 Å². The molecular formula is C10H17N3S. The number of piperidine rings is 1. The zero-order valence-electron chi connectivity index (χ0n) is 9.03. The Kier molecular flexibility index (Phi) is 2.72. The van der Waals surface area contributed by atoms with Gasteiger partial charge in [-0.15, -0.1) is 0 Å². The third-order valence-electron chi connectivity index (χ3n) is 2.88. The molecule has 0 spiro atoms. The van der Waals surface area contributed by atoms with Crippen LogP contribution < -0.4 is 4.90 Å². The van der Waals surface area contributed by atoms with Gasteiger partial charge in [-0.25, -0.2) is 4.98 Å². The van der Waals surface area contributed by atoms with Gasteiger partial charge in [0.1, 0.15) is 5.82 Å². The standard InChI is InChI=1S/C10H17N3S/c1-7-4-5-8(2)13(6-7)10-11-9(3)12-14-10/h7-8H,4-6H2,1-3H3. The number of aryl methyl sites for hydroxylation is 1. The first-order valence-electron chi connectivity index (χ1n) is 5.23. The van der Waals surface area contributed by atoms with Crippen molar-refractivity contribution in [1.82, 2.24) is 9.36 Å². The molecule has 1 aliphatic rings. The second kappa shape index (κ2) is 3.85. The summed E-state index contributed by atoms with van der Waals surface area (Å²) in [6.45, 7) is 7.68. The van der Waals surface area contributed by atoms with Crippen molar-refractivity contribution in [3.63, 3.8) is 0 Å². The van der Waals surface area contributed by atoms with Crippen LogP contribution in [-0.2, 0) is 0 Å². The lowest BCUT2D eigenvalue weighted by Crippen LogP contribution is -2.41. The van der Waals surface area contributed by atoms with Gasteiger partial charge in [0.15, 0.2) is 0 Å². The first-order valence-corrected chi connectivity index (χ1v) is 6.01. The highest BCUT2D eigenvalue weighted by Gasteiger charge is 2.25. The molecule has 0 bridgehead atoms. The Morgan fingerprint density at radius 1 is 1.36 bits per heavy atom. The van der Waals surface area contributed by atoms with Gasteiger partial charge in [0.2, 0.25) is 5.13 Å². The van der Waals surface area contributed by atoms with Crippen molar-refractivity contribution in [3.8, 4) is 0 Å². The number of anilines is 1. The highest BCUT2D eigenvalue weighted by molar-refractivity contribution is 7.09. The fraction of sp³-hybridized carbons (Fsp3) is 0.800. The number of hydrogen-bond donors (Lipinski definition) is 0. The van der Waals surface area contributed by atoms with Crippen LogP contribution in [0.5, 0.6) is 0 Å². The number of aromatic nitrogens is 2. The maximum absolute atomic E-state index is 4.45. The molecule has 2 atom stereocenters. The summed E-state index contributed by atoms with van der Waals surface area (Å²) in [6.07, 6.45) is 2.62. The van der Waals surface area contributed by atoms with Crippen LogP contribution in [0.3, 0.4) is 0 Å². The lowest BCUT2D eigenvalue weighted by atomic mass is 9.96. The third kappa shape index (κ3) is 1.90. The molecule has 1 aromatic rings. The molecule has 4 heteroatoms. The first-order chi connectivity index (χ1) is 6.66. The molecule has 14 heavy (non-hydrogen) atoms. The zero-order valence-corrected chi connectivity index (χ0v) is 9.84. The minimum atomic E-state index is 0.624. The van der Waals surface area contributed by atoms with Crippen molar-refractivity contribution in [2.24, 2.45) is 5.92 Å². The molecule has 2 rings (SSSR count). The van der Waals surface area contributed by atoms with Crippen LogP contribution in [-0.4, -0.2) is 21.9 Å². The van der Waals surface area contributed by atoms with E-state index >= 15 is 0 Å². The van der Waals surface area contributed by atoms with Gasteiger partial charge >= 0.3 is 0 Å². The Bertz CT molecular complexity index is 310. The van der Waals surface area contributed by atoms with Crippen molar-refractivity contribution in [1.29, 1.82) is 0 Å². The summed E-state index contributed by atoms with van der Waals surface area (Å²) in [5, 5.41) is 1.10. The highest BCUT2D eigenvalue weighted by atomic mass is 32.1. The van der Waals surface area contributed by atoms with Crippen LogP contribution in [0.4, 0.5) is 5.13 Å². The second-order valence-corrected chi connectivity index (χ2v) is 5.04. The summed E-state index contributed by atoms with van der Waals surface area (Å²) in [4.78, 5) is 6.85. The zero-order chi connectivity index (χ0) is 10.1. The molecule has 1 aliphatic heterocycles. The van der Waals surface area contributed by atoms with Crippen LogP contribution in [0.2, 0.25) is 0 Å². The molecule has 0 N–H and O–H groups in total. The molecule has 0 amide bonds. The minimum absolute atomic E-state index is 0.624. The summed E-state index contributed by atoms with van der Waals surface area (Å²) in [5.41, 5.74) is 0. The first kappa shape index (κ1) is 9.90. The predicted octanol–water partition coefficient (Wildman–Crippen LogP) is 2.47. The van der Waals surface area contributed by atoms with Gasteiger partial charge in [-0.05, 0) is 32.6 Å². The van der Waals surface area contributed by atoms with E-state index in [1.165, 1.54) is 24.4 Å². The van der Waals surface area contributed by atoms with E-state index < -0.39 is 0 Å². The van der Waals surface area contributed by atoms with Crippen LogP contribution in [0.1, 0.15) is 32.5 Å². The molecule has 1 aromatic heterocycles. The molecule has 2 unspecified atom stereocenters. The van der Waals surface area contributed by atoms with Crippen molar-refractivity contribution < 1.29 is 0 Å². The van der Waals surface area contributed by atoms with Crippen molar-refractivity contribution in [2.75, 3.05) is 11.4 Å². The fourth-order valence-corrected chi connectivity index (χ4v) is 2.74. The molecule has 1 saturated heterocycles. The smallest absolute Gasteiger partial charge is 0.205 e. The lowest BCUT2D eigenvalue weighted by molar-refractivity contribution is 0.390. The van der Waals surface area contributed by atoms with E-state index in [4.69, 9.17) is 0 Å². The summed E-state index contributed by atoms with van der Waals surface area (Å²) in [7, 11) is 0. The Morgan fingerprint density at radius 3 is 2.79 bits per heavy atom. The van der Waals surface area contributed by atoms with Gasteiger partial charge in [-0.2, -0.15) is 4.37 Å². The monoisotopic (exact) mass is 211 g/mol. The predicted molar refractivity (Wildman–Crippen MR) is 59.9 cm³/mol. The summed E-state index contributed by atoms with van der Waals surface area (Å²) in [5.74, 6) is 1.69. The van der Waals surface area contributed by atoms with Crippen molar-refractivity contribution >= 4 is 16.7 Å². The number of rotatable bonds is 1. The van der Waals surface area contributed by atoms with Crippen LogP contribution in [0, 0.1) is 12.8 Å². The molecular weight excluding hydrogens is 194 g/mol. The Morgan fingerprint density at radius 2 is 2.14 bits per heavy atom. The minimum Gasteiger partial charge on any atom is -0.344 e. The maximum atomic E-state index is 4.45. The number of nitrogens with zero attached hydrogens (tertiary/aromatic N) is 3. The largest absolute Gasteiger partial charge is 0.344 e. The quantitative estimate of drug-likeness (QED) is 0.714. The lowest BCUT2D eigenvalue weighted by Gasteiger charge is -2.36.